The van der Waals surface area contributed by atoms with Crippen LogP contribution >= 0.6 is 0 Å². The van der Waals surface area contributed by atoms with Gasteiger partial charge in [-0.15, -0.1) is 0 Å². The Kier molecular flexibility index (Phi) is 1.54. The first-order valence-corrected chi connectivity index (χ1v) is 4.26. The number of carboxylic acid groups (broad SMARTS) is 1. The molecule has 0 amide bonds. The minimum absolute atomic E-state index is 0.137. The van der Waals surface area contributed by atoms with Gasteiger partial charge in [-0.05, 0) is 18.6 Å². The molecule has 0 aromatic carbocycles. The number of rotatable bonds is 1. The maximum Gasteiger partial charge on any atom is 0.340 e. The van der Waals surface area contributed by atoms with Crippen LogP contribution in [0.1, 0.15) is 13.3 Å². The van der Waals surface area contributed by atoms with Crippen LogP contribution in [0.3, 0.4) is 0 Å². The van der Waals surface area contributed by atoms with Crippen molar-refractivity contribution in [1.29, 1.82) is 5.26 Å². The van der Waals surface area contributed by atoms with Crippen LogP contribution < -0.4 is 5.73 Å². The standard InChI is InChI=1S/C9H10N2O3/c1-5-2-9(11)6(4-10)3-8(5,14-9)7(12)13/h2,6H,3,11H2,1H3,(H,12,13). The van der Waals surface area contributed by atoms with Crippen molar-refractivity contribution in [1.82, 2.24) is 0 Å². The molecule has 0 saturated carbocycles. The van der Waals surface area contributed by atoms with Gasteiger partial charge in [-0.1, -0.05) is 0 Å². The normalized spacial score (nSPS) is 44.6. The SMILES string of the molecule is CC1=CC2(N)OC1(C(=O)O)CC2C#N. The molecule has 0 aromatic rings. The van der Waals surface area contributed by atoms with Crippen LogP contribution in [0.5, 0.6) is 0 Å². The van der Waals surface area contributed by atoms with E-state index in [-0.39, 0.29) is 6.42 Å². The molecule has 3 unspecified atom stereocenters. The Hall–Kier alpha value is -1.38. The summed E-state index contributed by atoms with van der Waals surface area (Å²) in [5.41, 5.74) is 3.79. The zero-order valence-electron chi connectivity index (χ0n) is 7.65. The molecule has 2 bridgehead atoms. The summed E-state index contributed by atoms with van der Waals surface area (Å²) in [5.74, 6) is -1.65. The zero-order chi connectivity index (χ0) is 10.6. The van der Waals surface area contributed by atoms with Gasteiger partial charge in [0, 0.05) is 6.42 Å². The fourth-order valence-electron chi connectivity index (χ4n) is 2.13. The summed E-state index contributed by atoms with van der Waals surface area (Å²) in [6, 6.07) is 1.98. The number of nitrogens with two attached hydrogens (primary N) is 1. The van der Waals surface area contributed by atoms with E-state index in [2.05, 4.69) is 0 Å². The lowest BCUT2D eigenvalue weighted by molar-refractivity contribution is -0.159. The maximum atomic E-state index is 11.1. The molecule has 0 aliphatic carbocycles. The lowest BCUT2D eigenvalue weighted by atomic mass is 9.80. The van der Waals surface area contributed by atoms with Crippen molar-refractivity contribution < 1.29 is 14.6 Å². The van der Waals surface area contributed by atoms with E-state index in [4.69, 9.17) is 20.8 Å². The summed E-state index contributed by atoms with van der Waals surface area (Å²) in [7, 11) is 0. The summed E-state index contributed by atoms with van der Waals surface area (Å²) >= 11 is 0. The average Bonchev–Trinajstić information content (AvgIpc) is 2.52. The highest BCUT2D eigenvalue weighted by Gasteiger charge is 2.63. The van der Waals surface area contributed by atoms with Crippen molar-refractivity contribution in [3.8, 4) is 6.07 Å². The molecular formula is C9H10N2O3. The molecule has 1 saturated heterocycles. The number of aliphatic carboxylic acids is 1. The lowest BCUT2D eigenvalue weighted by Crippen LogP contribution is -2.42. The van der Waals surface area contributed by atoms with Crippen LogP contribution in [0.4, 0.5) is 0 Å². The molecule has 3 N–H and O–H groups in total. The topological polar surface area (TPSA) is 96.3 Å². The van der Waals surface area contributed by atoms with Gasteiger partial charge < -0.3 is 9.84 Å². The number of nitrogens with zero attached hydrogens (tertiary/aromatic N) is 1. The van der Waals surface area contributed by atoms with Gasteiger partial charge in [0.2, 0.25) is 0 Å². The Morgan fingerprint density at radius 1 is 1.93 bits per heavy atom. The van der Waals surface area contributed by atoms with E-state index in [1.54, 1.807) is 13.0 Å². The maximum absolute atomic E-state index is 11.1. The monoisotopic (exact) mass is 194 g/mol. The average molecular weight is 194 g/mol. The fourth-order valence-corrected chi connectivity index (χ4v) is 2.13. The van der Waals surface area contributed by atoms with E-state index in [1.807, 2.05) is 6.07 Å². The number of hydrogen-bond donors (Lipinski definition) is 2. The van der Waals surface area contributed by atoms with Gasteiger partial charge in [-0.3, -0.25) is 5.73 Å². The van der Waals surface area contributed by atoms with Crippen molar-refractivity contribution >= 4 is 5.97 Å². The number of ether oxygens (including phenoxy) is 1. The third-order valence-corrected chi connectivity index (χ3v) is 2.97. The molecule has 2 rings (SSSR count). The number of carbonyl (C=O) groups is 1. The molecule has 5 nitrogen and oxygen atoms in total. The Bertz CT molecular complexity index is 384. The van der Waals surface area contributed by atoms with Crippen LogP contribution in [-0.4, -0.2) is 22.4 Å². The minimum Gasteiger partial charge on any atom is -0.479 e. The molecule has 14 heavy (non-hydrogen) atoms. The molecule has 1 fully saturated rings. The second-order valence-corrected chi connectivity index (χ2v) is 3.80. The highest BCUT2D eigenvalue weighted by atomic mass is 16.6. The minimum atomic E-state index is -1.37. The highest BCUT2D eigenvalue weighted by Crippen LogP contribution is 2.50. The van der Waals surface area contributed by atoms with E-state index in [0.29, 0.717) is 5.57 Å². The number of hydrogen-bond acceptors (Lipinski definition) is 4. The molecule has 0 spiro atoms. The van der Waals surface area contributed by atoms with E-state index in [0.717, 1.165) is 0 Å². The Morgan fingerprint density at radius 2 is 2.57 bits per heavy atom. The van der Waals surface area contributed by atoms with Gasteiger partial charge in [0.25, 0.3) is 0 Å². The van der Waals surface area contributed by atoms with E-state index >= 15 is 0 Å². The molecular weight excluding hydrogens is 184 g/mol. The van der Waals surface area contributed by atoms with Crippen LogP contribution in [0.2, 0.25) is 0 Å². The summed E-state index contributed by atoms with van der Waals surface area (Å²) in [5, 5.41) is 17.9. The number of nitriles is 1. The van der Waals surface area contributed by atoms with Crippen LogP contribution in [0, 0.1) is 17.2 Å². The van der Waals surface area contributed by atoms with Crippen molar-refractivity contribution in [2.45, 2.75) is 24.7 Å². The Labute approximate surface area is 80.8 Å². The predicted molar refractivity (Wildman–Crippen MR) is 45.8 cm³/mol. The number of carboxylic acids is 1. The van der Waals surface area contributed by atoms with Crippen molar-refractivity contribution in [3.05, 3.63) is 11.6 Å². The Morgan fingerprint density at radius 3 is 3.00 bits per heavy atom. The molecule has 2 aliphatic rings. The molecule has 3 atom stereocenters. The smallest absolute Gasteiger partial charge is 0.340 e. The third-order valence-electron chi connectivity index (χ3n) is 2.97. The van der Waals surface area contributed by atoms with Crippen molar-refractivity contribution in [2.24, 2.45) is 11.7 Å². The van der Waals surface area contributed by atoms with Gasteiger partial charge in [-0.2, -0.15) is 5.26 Å². The quantitative estimate of drug-likeness (QED) is 0.572. The first-order chi connectivity index (χ1) is 6.44. The lowest BCUT2D eigenvalue weighted by Gasteiger charge is -2.20. The van der Waals surface area contributed by atoms with E-state index in [1.165, 1.54) is 0 Å². The van der Waals surface area contributed by atoms with Crippen LogP contribution in [-0.2, 0) is 9.53 Å². The molecule has 2 heterocycles. The molecule has 0 aromatic heterocycles. The predicted octanol–water partition coefficient (Wildman–Crippen LogP) is -0.0152. The molecule has 5 heteroatoms. The van der Waals surface area contributed by atoms with Gasteiger partial charge in [0.05, 0.1) is 12.0 Å². The number of fused-ring (bicyclic) bond motifs is 2. The zero-order valence-corrected chi connectivity index (χ0v) is 7.65. The summed E-state index contributed by atoms with van der Waals surface area (Å²) in [6.07, 6.45) is 1.68. The Balaban J connectivity index is 2.49. The summed E-state index contributed by atoms with van der Waals surface area (Å²) in [4.78, 5) is 11.1. The first-order valence-electron chi connectivity index (χ1n) is 4.26. The highest BCUT2D eigenvalue weighted by molar-refractivity contribution is 5.83. The van der Waals surface area contributed by atoms with Gasteiger partial charge >= 0.3 is 5.97 Å². The summed E-state index contributed by atoms with van der Waals surface area (Å²) in [6.45, 7) is 1.66. The first kappa shape index (κ1) is 9.19. The second-order valence-electron chi connectivity index (χ2n) is 3.80. The van der Waals surface area contributed by atoms with Gasteiger partial charge in [0.15, 0.2) is 11.3 Å². The third kappa shape index (κ3) is 0.820. The summed E-state index contributed by atoms with van der Waals surface area (Å²) < 4.78 is 5.29. The fraction of sp³-hybridized carbons (Fsp3) is 0.556. The van der Waals surface area contributed by atoms with Gasteiger partial charge in [0.1, 0.15) is 0 Å². The van der Waals surface area contributed by atoms with Crippen molar-refractivity contribution in [2.75, 3.05) is 0 Å². The molecule has 74 valence electrons. The van der Waals surface area contributed by atoms with Crippen molar-refractivity contribution in [3.63, 3.8) is 0 Å². The molecule has 0 radical (unpaired) electrons. The van der Waals surface area contributed by atoms with E-state index < -0.39 is 23.2 Å². The van der Waals surface area contributed by atoms with Crippen LogP contribution in [0.25, 0.3) is 0 Å². The van der Waals surface area contributed by atoms with Crippen LogP contribution in [0.15, 0.2) is 11.6 Å². The largest absolute Gasteiger partial charge is 0.479 e. The van der Waals surface area contributed by atoms with Gasteiger partial charge in [-0.25, -0.2) is 4.79 Å². The van der Waals surface area contributed by atoms with E-state index in [9.17, 15) is 4.79 Å². The molecule has 2 aliphatic heterocycles. The second kappa shape index (κ2) is 2.35.